The van der Waals surface area contributed by atoms with Gasteiger partial charge in [-0.3, -0.25) is 4.79 Å². The number of carbonyl (C=O) groups excluding carboxylic acids is 1. The first-order chi connectivity index (χ1) is 8.47. The molecule has 2 rings (SSSR count). The van der Waals surface area contributed by atoms with Crippen LogP contribution in [0.2, 0.25) is 0 Å². The second-order valence-corrected chi connectivity index (χ2v) is 5.42. The SMILES string of the molecule is CC(C)C(C)CNc1cc2c(cc1N)CC(=O)N2. The Morgan fingerprint density at radius 3 is 2.78 bits per heavy atom. The summed E-state index contributed by atoms with van der Waals surface area (Å²) in [7, 11) is 0. The number of nitrogens with one attached hydrogen (secondary N) is 2. The summed E-state index contributed by atoms with van der Waals surface area (Å²) in [6.45, 7) is 7.51. The van der Waals surface area contributed by atoms with Gasteiger partial charge in [0.1, 0.15) is 0 Å². The summed E-state index contributed by atoms with van der Waals surface area (Å²) in [5.41, 5.74) is 9.48. The lowest BCUT2D eigenvalue weighted by molar-refractivity contribution is -0.115. The molecule has 1 unspecified atom stereocenters. The molecule has 98 valence electrons. The highest BCUT2D eigenvalue weighted by molar-refractivity contribution is 6.00. The molecule has 4 nitrogen and oxygen atoms in total. The van der Waals surface area contributed by atoms with E-state index < -0.39 is 0 Å². The fourth-order valence-corrected chi connectivity index (χ4v) is 1.95. The monoisotopic (exact) mass is 247 g/mol. The van der Waals surface area contributed by atoms with Crippen molar-refractivity contribution in [3.63, 3.8) is 0 Å². The van der Waals surface area contributed by atoms with Crippen LogP contribution in [0.5, 0.6) is 0 Å². The molecule has 0 aromatic heterocycles. The molecule has 4 heteroatoms. The highest BCUT2D eigenvalue weighted by Crippen LogP contribution is 2.31. The van der Waals surface area contributed by atoms with Crippen LogP contribution in [0.4, 0.5) is 17.1 Å². The number of hydrogen-bond acceptors (Lipinski definition) is 3. The molecular weight excluding hydrogens is 226 g/mol. The molecule has 1 atom stereocenters. The number of benzene rings is 1. The maximum atomic E-state index is 11.3. The Hall–Kier alpha value is -1.71. The summed E-state index contributed by atoms with van der Waals surface area (Å²) >= 11 is 0. The van der Waals surface area contributed by atoms with Gasteiger partial charge in [-0.2, -0.15) is 0 Å². The largest absolute Gasteiger partial charge is 0.397 e. The molecule has 1 aliphatic rings. The van der Waals surface area contributed by atoms with E-state index in [9.17, 15) is 4.79 Å². The van der Waals surface area contributed by atoms with Crippen LogP contribution in [-0.4, -0.2) is 12.5 Å². The third-order valence-electron chi connectivity index (χ3n) is 3.65. The Morgan fingerprint density at radius 1 is 1.39 bits per heavy atom. The highest BCUT2D eigenvalue weighted by Gasteiger charge is 2.19. The fourth-order valence-electron chi connectivity index (χ4n) is 1.95. The Morgan fingerprint density at radius 2 is 2.11 bits per heavy atom. The molecule has 0 saturated heterocycles. The predicted octanol–water partition coefficient (Wildman–Crippen LogP) is 2.47. The van der Waals surface area contributed by atoms with Gasteiger partial charge in [-0.15, -0.1) is 0 Å². The van der Waals surface area contributed by atoms with Gasteiger partial charge in [0.2, 0.25) is 5.91 Å². The van der Waals surface area contributed by atoms with Crippen LogP contribution >= 0.6 is 0 Å². The number of nitrogens with two attached hydrogens (primary N) is 1. The van der Waals surface area contributed by atoms with Crippen LogP contribution in [-0.2, 0) is 11.2 Å². The standard InChI is InChI=1S/C14H21N3O/c1-8(2)9(3)7-16-13-6-12-10(4-11(13)15)5-14(18)17-12/h4,6,8-9,16H,5,7,15H2,1-3H3,(H,17,18). The normalized spacial score (nSPS) is 15.4. The van der Waals surface area contributed by atoms with Crippen LogP contribution in [0.1, 0.15) is 26.3 Å². The zero-order valence-corrected chi connectivity index (χ0v) is 11.2. The van der Waals surface area contributed by atoms with Crippen LogP contribution in [0.3, 0.4) is 0 Å². The topological polar surface area (TPSA) is 67.1 Å². The molecule has 0 aliphatic carbocycles. The summed E-state index contributed by atoms with van der Waals surface area (Å²) in [4.78, 5) is 11.3. The zero-order chi connectivity index (χ0) is 13.3. The average molecular weight is 247 g/mol. The molecule has 18 heavy (non-hydrogen) atoms. The Labute approximate surface area is 108 Å². The highest BCUT2D eigenvalue weighted by atomic mass is 16.1. The third-order valence-corrected chi connectivity index (χ3v) is 3.65. The quantitative estimate of drug-likeness (QED) is 0.716. The number of nitrogen functional groups attached to an aromatic ring is 1. The number of hydrogen-bond donors (Lipinski definition) is 3. The van der Waals surface area contributed by atoms with E-state index in [1.54, 1.807) is 0 Å². The van der Waals surface area contributed by atoms with E-state index in [4.69, 9.17) is 5.73 Å². The average Bonchev–Trinajstić information content (AvgIpc) is 2.64. The van der Waals surface area contributed by atoms with Gasteiger partial charge < -0.3 is 16.4 Å². The van der Waals surface area contributed by atoms with E-state index in [0.29, 0.717) is 23.9 Å². The van der Waals surface area contributed by atoms with Crippen molar-refractivity contribution in [3.8, 4) is 0 Å². The summed E-state index contributed by atoms with van der Waals surface area (Å²) in [5, 5.41) is 6.20. The van der Waals surface area contributed by atoms with Crippen molar-refractivity contribution in [3.05, 3.63) is 17.7 Å². The molecule has 1 heterocycles. The number of carbonyl (C=O) groups is 1. The minimum Gasteiger partial charge on any atom is -0.397 e. The van der Waals surface area contributed by atoms with Gasteiger partial charge in [-0.25, -0.2) is 0 Å². The van der Waals surface area contributed by atoms with Crippen LogP contribution in [0, 0.1) is 11.8 Å². The third kappa shape index (κ3) is 2.58. The molecule has 0 bridgehead atoms. The second kappa shape index (κ2) is 4.88. The lowest BCUT2D eigenvalue weighted by Gasteiger charge is -2.18. The first-order valence-corrected chi connectivity index (χ1v) is 6.43. The number of amides is 1. The van der Waals surface area contributed by atoms with Gasteiger partial charge >= 0.3 is 0 Å². The molecule has 1 aromatic rings. The van der Waals surface area contributed by atoms with Gasteiger partial charge in [-0.05, 0) is 29.5 Å². The number of fused-ring (bicyclic) bond motifs is 1. The van der Waals surface area contributed by atoms with Crippen molar-refractivity contribution in [2.75, 3.05) is 22.9 Å². The van der Waals surface area contributed by atoms with E-state index in [1.807, 2.05) is 12.1 Å². The predicted molar refractivity (Wildman–Crippen MR) is 75.7 cm³/mol. The Bertz CT molecular complexity index is 468. The fraction of sp³-hybridized carbons (Fsp3) is 0.500. The van der Waals surface area contributed by atoms with Crippen LogP contribution in [0.15, 0.2) is 12.1 Å². The molecule has 0 saturated carbocycles. The van der Waals surface area contributed by atoms with Crippen LogP contribution < -0.4 is 16.4 Å². The van der Waals surface area contributed by atoms with E-state index in [1.165, 1.54) is 0 Å². The summed E-state index contributed by atoms with van der Waals surface area (Å²) in [6.07, 6.45) is 0.433. The maximum Gasteiger partial charge on any atom is 0.228 e. The Balaban J connectivity index is 2.10. The molecule has 1 amide bonds. The van der Waals surface area contributed by atoms with Gasteiger partial charge in [-0.1, -0.05) is 20.8 Å². The minimum absolute atomic E-state index is 0.0390. The van der Waals surface area contributed by atoms with Crippen molar-refractivity contribution in [1.29, 1.82) is 0 Å². The van der Waals surface area contributed by atoms with Crippen molar-refractivity contribution in [2.24, 2.45) is 11.8 Å². The Kier molecular flexibility index (Phi) is 3.45. The summed E-state index contributed by atoms with van der Waals surface area (Å²) in [6, 6.07) is 3.82. The van der Waals surface area contributed by atoms with Crippen molar-refractivity contribution >= 4 is 23.0 Å². The van der Waals surface area contributed by atoms with E-state index in [0.717, 1.165) is 23.5 Å². The van der Waals surface area contributed by atoms with Gasteiger partial charge in [0, 0.05) is 12.2 Å². The maximum absolute atomic E-state index is 11.3. The van der Waals surface area contributed by atoms with E-state index in [2.05, 4.69) is 31.4 Å². The van der Waals surface area contributed by atoms with E-state index in [-0.39, 0.29) is 5.91 Å². The van der Waals surface area contributed by atoms with Crippen molar-refractivity contribution < 1.29 is 4.79 Å². The summed E-state index contributed by atoms with van der Waals surface area (Å²) < 4.78 is 0. The first-order valence-electron chi connectivity index (χ1n) is 6.43. The molecule has 4 N–H and O–H groups in total. The molecule has 0 spiro atoms. The van der Waals surface area contributed by atoms with Gasteiger partial charge in [0.05, 0.1) is 17.8 Å². The molecule has 1 aliphatic heterocycles. The molecule has 0 radical (unpaired) electrons. The van der Waals surface area contributed by atoms with Crippen molar-refractivity contribution in [2.45, 2.75) is 27.2 Å². The number of rotatable bonds is 4. The van der Waals surface area contributed by atoms with E-state index >= 15 is 0 Å². The molecule has 0 fully saturated rings. The zero-order valence-electron chi connectivity index (χ0n) is 11.2. The first kappa shape index (κ1) is 12.7. The van der Waals surface area contributed by atoms with Crippen molar-refractivity contribution in [1.82, 2.24) is 0 Å². The second-order valence-electron chi connectivity index (χ2n) is 5.42. The lowest BCUT2D eigenvalue weighted by Crippen LogP contribution is -2.17. The van der Waals surface area contributed by atoms with Gasteiger partial charge in [0.25, 0.3) is 0 Å². The summed E-state index contributed by atoms with van der Waals surface area (Å²) in [5.74, 6) is 1.25. The van der Waals surface area contributed by atoms with Crippen LogP contribution in [0.25, 0.3) is 0 Å². The number of anilines is 3. The lowest BCUT2D eigenvalue weighted by atomic mass is 9.98. The minimum atomic E-state index is 0.0390. The molecular formula is C14H21N3O. The smallest absolute Gasteiger partial charge is 0.228 e. The van der Waals surface area contributed by atoms with Gasteiger partial charge in [0.15, 0.2) is 0 Å². The molecule has 1 aromatic carbocycles.